The van der Waals surface area contributed by atoms with E-state index in [1.165, 1.54) is 28.1 Å². The summed E-state index contributed by atoms with van der Waals surface area (Å²) in [6, 6.07) is 0. The van der Waals surface area contributed by atoms with E-state index >= 15 is 0 Å². The van der Waals surface area contributed by atoms with Crippen molar-refractivity contribution in [3.63, 3.8) is 0 Å². The molecule has 0 aromatic carbocycles. The topological polar surface area (TPSA) is 24.9 Å². The van der Waals surface area contributed by atoms with Gasteiger partial charge in [0.15, 0.2) is 0 Å². The molecular formula is C10H14N2. The summed E-state index contributed by atoms with van der Waals surface area (Å²) < 4.78 is 0. The summed E-state index contributed by atoms with van der Waals surface area (Å²) in [4.78, 5) is 4.50. The molecule has 0 aliphatic carbocycles. The predicted octanol–water partition coefficient (Wildman–Crippen LogP) is 1.61. The van der Waals surface area contributed by atoms with Crippen LogP contribution in [0.5, 0.6) is 0 Å². The van der Waals surface area contributed by atoms with Gasteiger partial charge in [0.2, 0.25) is 0 Å². The summed E-state index contributed by atoms with van der Waals surface area (Å²) in [5.41, 5.74) is 6.62. The molecule has 0 amide bonds. The molecule has 12 heavy (non-hydrogen) atoms. The van der Waals surface area contributed by atoms with Gasteiger partial charge < -0.3 is 5.32 Å². The Morgan fingerprint density at radius 1 is 1.00 bits per heavy atom. The van der Waals surface area contributed by atoms with E-state index in [0.29, 0.717) is 0 Å². The summed E-state index contributed by atoms with van der Waals surface area (Å²) in [5, 5.41) is 3.36. The monoisotopic (exact) mass is 162 g/mol. The first kappa shape index (κ1) is 7.74. The van der Waals surface area contributed by atoms with E-state index in [2.05, 4.69) is 31.1 Å². The van der Waals surface area contributed by atoms with Crippen molar-refractivity contribution in [3.05, 3.63) is 28.1 Å². The molecule has 0 unspecified atom stereocenters. The molecule has 2 rings (SSSR count). The molecule has 1 aromatic rings. The van der Waals surface area contributed by atoms with Crippen LogP contribution in [0, 0.1) is 20.8 Å². The van der Waals surface area contributed by atoms with E-state index < -0.39 is 0 Å². The highest BCUT2D eigenvalue weighted by atomic mass is 14.9. The van der Waals surface area contributed by atoms with Crippen LogP contribution in [-0.4, -0.2) is 4.98 Å². The minimum absolute atomic E-state index is 0.995. The Balaban J connectivity index is 2.69. The van der Waals surface area contributed by atoms with Gasteiger partial charge in [0.05, 0.1) is 0 Å². The molecule has 0 fully saturated rings. The Morgan fingerprint density at radius 3 is 2.42 bits per heavy atom. The van der Waals surface area contributed by atoms with Crippen LogP contribution in [-0.2, 0) is 13.1 Å². The molecule has 0 saturated heterocycles. The van der Waals surface area contributed by atoms with Gasteiger partial charge in [0.25, 0.3) is 0 Å². The first-order valence-electron chi connectivity index (χ1n) is 4.36. The lowest BCUT2D eigenvalue weighted by Gasteiger charge is -2.08. The number of hydrogen-bond donors (Lipinski definition) is 1. The molecule has 0 saturated carbocycles. The summed E-state index contributed by atoms with van der Waals surface area (Å²) in [6.45, 7) is 8.35. The fourth-order valence-corrected chi connectivity index (χ4v) is 1.85. The molecule has 0 atom stereocenters. The van der Waals surface area contributed by atoms with Crippen molar-refractivity contribution in [1.29, 1.82) is 0 Å². The normalized spacial score (nSPS) is 14.9. The Morgan fingerprint density at radius 2 is 1.67 bits per heavy atom. The average Bonchev–Trinajstić information content (AvgIpc) is 2.48. The van der Waals surface area contributed by atoms with E-state index in [4.69, 9.17) is 0 Å². The molecule has 64 valence electrons. The second-order valence-corrected chi connectivity index (χ2v) is 3.47. The van der Waals surface area contributed by atoms with Gasteiger partial charge in [-0.05, 0) is 37.5 Å². The largest absolute Gasteiger partial charge is 0.309 e. The molecule has 1 aromatic heterocycles. The number of nitrogens with one attached hydrogen (secondary N) is 1. The lowest BCUT2D eigenvalue weighted by molar-refractivity contribution is 0.761. The fraction of sp³-hybridized carbons (Fsp3) is 0.500. The van der Waals surface area contributed by atoms with Gasteiger partial charge >= 0.3 is 0 Å². The number of fused-ring (bicyclic) bond motifs is 1. The Labute approximate surface area is 73.0 Å². The zero-order valence-corrected chi connectivity index (χ0v) is 7.86. The number of hydrogen-bond acceptors (Lipinski definition) is 2. The van der Waals surface area contributed by atoms with Crippen molar-refractivity contribution in [3.8, 4) is 0 Å². The predicted molar refractivity (Wildman–Crippen MR) is 49.0 cm³/mol. The molecule has 0 bridgehead atoms. The maximum absolute atomic E-state index is 4.50. The van der Waals surface area contributed by atoms with Crippen molar-refractivity contribution in [2.75, 3.05) is 0 Å². The van der Waals surface area contributed by atoms with Gasteiger partial charge in [-0.2, -0.15) is 0 Å². The molecular weight excluding hydrogens is 148 g/mol. The highest BCUT2D eigenvalue weighted by Crippen LogP contribution is 2.23. The highest BCUT2D eigenvalue weighted by molar-refractivity contribution is 5.41. The van der Waals surface area contributed by atoms with Crippen molar-refractivity contribution in [2.45, 2.75) is 33.9 Å². The zero-order valence-electron chi connectivity index (χ0n) is 7.86. The lowest BCUT2D eigenvalue weighted by atomic mass is 10.0. The first-order valence-corrected chi connectivity index (χ1v) is 4.36. The molecule has 2 nitrogen and oxygen atoms in total. The van der Waals surface area contributed by atoms with Crippen molar-refractivity contribution in [1.82, 2.24) is 10.3 Å². The molecule has 1 aliphatic rings. The van der Waals surface area contributed by atoms with Gasteiger partial charge in [-0.3, -0.25) is 4.98 Å². The fourth-order valence-electron chi connectivity index (χ4n) is 1.85. The zero-order chi connectivity index (χ0) is 8.72. The molecule has 1 N–H and O–H groups in total. The van der Waals surface area contributed by atoms with E-state index in [1.54, 1.807) is 0 Å². The molecule has 0 spiro atoms. The van der Waals surface area contributed by atoms with Gasteiger partial charge in [0.1, 0.15) is 0 Å². The van der Waals surface area contributed by atoms with Crippen LogP contribution in [0.1, 0.15) is 28.1 Å². The maximum atomic E-state index is 4.50. The summed E-state index contributed by atoms with van der Waals surface area (Å²) in [7, 11) is 0. The molecule has 2 heterocycles. The number of aryl methyl sites for hydroxylation is 2. The van der Waals surface area contributed by atoms with Crippen molar-refractivity contribution in [2.24, 2.45) is 0 Å². The van der Waals surface area contributed by atoms with E-state index in [9.17, 15) is 0 Å². The minimum Gasteiger partial charge on any atom is -0.309 e. The van der Waals surface area contributed by atoms with E-state index in [0.717, 1.165) is 13.1 Å². The number of rotatable bonds is 0. The Kier molecular flexibility index (Phi) is 1.65. The third-order valence-electron chi connectivity index (χ3n) is 2.74. The lowest BCUT2D eigenvalue weighted by Crippen LogP contribution is -2.00. The Hall–Kier alpha value is -0.890. The second kappa shape index (κ2) is 2.56. The molecule has 1 aliphatic heterocycles. The molecule has 0 radical (unpaired) electrons. The Bertz CT molecular complexity index is 329. The van der Waals surface area contributed by atoms with Gasteiger partial charge in [-0.25, -0.2) is 0 Å². The number of nitrogens with zero attached hydrogens (tertiary/aromatic N) is 1. The van der Waals surface area contributed by atoms with Crippen LogP contribution in [0.2, 0.25) is 0 Å². The van der Waals surface area contributed by atoms with Gasteiger partial charge in [0, 0.05) is 24.5 Å². The van der Waals surface area contributed by atoms with Crippen molar-refractivity contribution < 1.29 is 0 Å². The third-order valence-corrected chi connectivity index (χ3v) is 2.74. The van der Waals surface area contributed by atoms with Gasteiger partial charge in [-0.1, -0.05) is 0 Å². The van der Waals surface area contributed by atoms with Crippen LogP contribution in [0.15, 0.2) is 0 Å². The van der Waals surface area contributed by atoms with Crippen LogP contribution in [0.3, 0.4) is 0 Å². The average molecular weight is 162 g/mol. The number of pyridine rings is 1. The first-order chi connectivity index (χ1) is 5.70. The van der Waals surface area contributed by atoms with E-state index in [1.807, 2.05) is 0 Å². The SMILES string of the molecule is Cc1nc(C)c2c(c1C)CNC2. The van der Waals surface area contributed by atoms with Crippen LogP contribution in [0.25, 0.3) is 0 Å². The minimum atomic E-state index is 0.995. The van der Waals surface area contributed by atoms with Gasteiger partial charge in [-0.15, -0.1) is 0 Å². The number of aromatic nitrogens is 1. The summed E-state index contributed by atoms with van der Waals surface area (Å²) in [6.07, 6.45) is 0. The third kappa shape index (κ3) is 0.950. The second-order valence-electron chi connectivity index (χ2n) is 3.47. The van der Waals surface area contributed by atoms with Crippen LogP contribution in [0.4, 0.5) is 0 Å². The summed E-state index contributed by atoms with van der Waals surface area (Å²) >= 11 is 0. The molecule has 2 heteroatoms. The quantitative estimate of drug-likeness (QED) is 0.627. The van der Waals surface area contributed by atoms with Crippen LogP contribution < -0.4 is 5.32 Å². The van der Waals surface area contributed by atoms with Crippen LogP contribution >= 0.6 is 0 Å². The standard InChI is InChI=1S/C10H14N2/c1-6-7(2)12-8(3)10-5-11-4-9(6)10/h11H,4-5H2,1-3H3. The van der Waals surface area contributed by atoms with Crippen molar-refractivity contribution >= 4 is 0 Å². The smallest absolute Gasteiger partial charge is 0.0424 e. The highest BCUT2D eigenvalue weighted by Gasteiger charge is 2.16. The summed E-state index contributed by atoms with van der Waals surface area (Å²) in [5.74, 6) is 0. The maximum Gasteiger partial charge on any atom is 0.0424 e. The van der Waals surface area contributed by atoms with E-state index in [-0.39, 0.29) is 0 Å².